The molecule has 3 N–H and O–H groups in total. The van der Waals surface area contributed by atoms with E-state index in [1.165, 1.54) is 0 Å². The number of anilines is 1. The molecule has 0 unspecified atom stereocenters. The van der Waals surface area contributed by atoms with E-state index >= 15 is 0 Å². The Morgan fingerprint density at radius 1 is 1.09 bits per heavy atom. The zero-order chi connectivity index (χ0) is 8.43. The number of hydrogen-bond acceptors (Lipinski definition) is 2. The van der Waals surface area contributed by atoms with Crippen molar-refractivity contribution in [2.75, 3.05) is 5.43 Å². The Kier molecular flexibility index (Phi) is 3.36. The van der Waals surface area contributed by atoms with Crippen LogP contribution < -0.4 is 11.3 Å². The Morgan fingerprint density at radius 3 is 2.09 bits per heavy atom. The van der Waals surface area contributed by atoms with Crippen molar-refractivity contribution in [3.63, 3.8) is 0 Å². The van der Waals surface area contributed by atoms with Crippen LogP contribution in [-0.4, -0.2) is 0 Å². The quantitative estimate of drug-likeness (QED) is 0.466. The zero-order valence-electron chi connectivity index (χ0n) is 5.37. The van der Waals surface area contributed by atoms with Crippen LogP contribution in [0.4, 0.5) is 5.69 Å². The molecule has 0 aromatic heterocycles. The topological polar surface area (TPSA) is 38.0 Å². The third-order valence-electron chi connectivity index (χ3n) is 1.19. The summed E-state index contributed by atoms with van der Waals surface area (Å²) in [6, 6.07) is 3.83. The Labute approximate surface area is 89.9 Å². The Hall–Kier alpha value is 0.420. The molecule has 0 atom stereocenters. The van der Waals surface area contributed by atoms with E-state index in [9.17, 15) is 0 Å². The van der Waals surface area contributed by atoms with E-state index in [2.05, 4.69) is 53.2 Å². The SMILES string of the molecule is NNc1c(Br)ccc(Br)c1Br. The van der Waals surface area contributed by atoms with Crippen LogP contribution >= 0.6 is 47.8 Å². The number of hydrogen-bond donors (Lipinski definition) is 2. The molecular formula is C6H5Br3N2. The van der Waals surface area contributed by atoms with Gasteiger partial charge in [-0.05, 0) is 59.9 Å². The zero-order valence-corrected chi connectivity index (χ0v) is 10.1. The second-order valence-corrected chi connectivity index (χ2v) is 4.36. The molecule has 0 radical (unpaired) electrons. The maximum atomic E-state index is 5.29. The lowest BCUT2D eigenvalue weighted by Crippen LogP contribution is -2.08. The van der Waals surface area contributed by atoms with Gasteiger partial charge in [-0.3, -0.25) is 5.84 Å². The van der Waals surface area contributed by atoms with Gasteiger partial charge >= 0.3 is 0 Å². The molecule has 0 aliphatic carbocycles. The van der Waals surface area contributed by atoms with Gasteiger partial charge in [-0.15, -0.1) is 0 Å². The van der Waals surface area contributed by atoms with Crippen molar-refractivity contribution in [3.8, 4) is 0 Å². The third-order valence-corrected chi connectivity index (χ3v) is 3.87. The monoisotopic (exact) mass is 342 g/mol. The highest BCUT2D eigenvalue weighted by atomic mass is 79.9. The van der Waals surface area contributed by atoms with Crippen molar-refractivity contribution in [3.05, 3.63) is 25.6 Å². The van der Waals surface area contributed by atoms with Crippen LogP contribution in [-0.2, 0) is 0 Å². The van der Waals surface area contributed by atoms with E-state index in [0.717, 1.165) is 19.1 Å². The molecule has 0 fully saturated rings. The first-order chi connectivity index (χ1) is 5.16. The average molecular weight is 345 g/mol. The molecule has 0 saturated heterocycles. The number of hydrazine groups is 1. The van der Waals surface area contributed by atoms with Gasteiger partial charge in [0, 0.05) is 8.95 Å². The van der Waals surface area contributed by atoms with Crippen molar-refractivity contribution >= 4 is 53.5 Å². The van der Waals surface area contributed by atoms with Crippen molar-refractivity contribution in [1.82, 2.24) is 0 Å². The smallest absolute Gasteiger partial charge is 0.0782 e. The minimum atomic E-state index is 0.833. The van der Waals surface area contributed by atoms with E-state index in [1.54, 1.807) is 0 Å². The van der Waals surface area contributed by atoms with Gasteiger partial charge in [0.15, 0.2) is 0 Å². The molecule has 2 nitrogen and oxygen atoms in total. The van der Waals surface area contributed by atoms with Crippen LogP contribution in [0.25, 0.3) is 0 Å². The molecule has 0 aliphatic heterocycles. The molecule has 11 heavy (non-hydrogen) atoms. The van der Waals surface area contributed by atoms with Crippen LogP contribution in [0, 0.1) is 0 Å². The van der Waals surface area contributed by atoms with Crippen molar-refractivity contribution in [2.24, 2.45) is 5.84 Å². The minimum absolute atomic E-state index is 0.833. The molecule has 0 aliphatic rings. The van der Waals surface area contributed by atoms with Crippen molar-refractivity contribution in [1.29, 1.82) is 0 Å². The first-order valence-electron chi connectivity index (χ1n) is 2.77. The molecule has 1 aromatic rings. The fraction of sp³-hybridized carbons (Fsp3) is 0. The Balaban J connectivity index is 3.29. The first-order valence-corrected chi connectivity index (χ1v) is 5.15. The lowest BCUT2D eigenvalue weighted by Gasteiger charge is -2.06. The van der Waals surface area contributed by atoms with E-state index in [4.69, 9.17) is 5.84 Å². The summed E-state index contributed by atoms with van der Waals surface area (Å²) in [5.74, 6) is 5.29. The second kappa shape index (κ2) is 3.89. The number of nitrogens with one attached hydrogen (secondary N) is 1. The fourth-order valence-electron chi connectivity index (χ4n) is 0.659. The molecule has 0 saturated carbocycles. The summed E-state index contributed by atoms with van der Waals surface area (Å²) in [4.78, 5) is 0. The molecular weight excluding hydrogens is 340 g/mol. The highest BCUT2D eigenvalue weighted by Gasteiger charge is 2.05. The van der Waals surface area contributed by atoms with Crippen LogP contribution in [0.1, 0.15) is 0 Å². The first kappa shape index (κ1) is 9.51. The van der Waals surface area contributed by atoms with Crippen molar-refractivity contribution < 1.29 is 0 Å². The molecule has 60 valence electrons. The van der Waals surface area contributed by atoms with Crippen LogP contribution in [0.3, 0.4) is 0 Å². The van der Waals surface area contributed by atoms with Gasteiger partial charge in [0.2, 0.25) is 0 Å². The predicted molar refractivity (Wildman–Crippen MR) is 57.4 cm³/mol. The number of benzene rings is 1. The van der Waals surface area contributed by atoms with Gasteiger partial charge in [0.05, 0.1) is 10.2 Å². The van der Waals surface area contributed by atoms with Crippen LogP contribution in [0.5, 0.6) is 0 Å². The van der Waals surface area contributed by atoms with Gasteiger partial charge in [-0.25, -0.2) is 0 Å². The normalized spacial score (nSPS) is 9.82. The van der Waals surface area contributed by atoms with Crippen LogP contribution in [0.2, 0.25) is 0 Å². The van der Waals surface area contributed by atoms with Gasteiger partial charge < -0.3 is 5.43 Å². The van der Waals surface area contributed by atoms with Crippen LogP contribution in [0.15, 0.2) is 25.6 Å². The summed E-state index contributed by atoms with van der Waals surface area (Å²) in [5, 5.41) is 0. The number of nitrogens with two attached hydrogens (primary N) is 1. The van der Waals surface area contributed by atoms with E-state index in [1.807, 2.05) is 12.1 Å². The average Bonchev–Trinajstić information content (AvgIpc) is 1.99. The molecule has 0 spiro atoms. The van der Waals surface area contributed by atoms with E-state index in [-0.39, 0.29) is 0 Å². The number of rotatable bonds is 1. The molecule has 0 heterocycles. The summed E-state index contributed by atoms with van der Waals surface area (Å²) >= 11 is 10.1. The summed E-state index contributed by atoms with van der Waals surface area (Å²) in [5.41, 5.74) is 3.41. The summed E-state index contributed by atoms with van der Waals surface area (Å²) in [6.07, 6.45) is 0. The van der Waals surface area contributed by atoms with Gasteiger partial charge in [0.1, 0.15) is 0 Å². The number of halogens is 3. The largest absolute Gasteiger partial charge is 0.322 e. The van der Waals surface area contributed by atoms with Gasteiger partial charge in [-0.2, -0.15) is 0 Å². The minimum Gasteiger partial charge on any atom is -0.322 e. The lowest BCUT2D eigenvalue weighted by atomic mass is 10.3. The lowest BCUT2D eigenvalue weighted by molar-refractivity contribution is 1.32. The molecule has 1 rings (SSSR count). The standard InChI is InChI=1S/C6H5Br3N2/c7-3-1-2-4(8)6(11-10)5(3)9/h1-2,11H,10H2. The highest BCUT2D eigenvalue weighted by Crippen LogP contribution is 2.35. The summed E-state index contributed by atoms with van der Waals surface area (Å²) < 4.78 is 2.80. The van der Waals surface area contributed by atoms with Gasteiger partial charge in [-0.1, -0.05) is 0 Å². The number of nitrogen functional groups attached to an aromatic ring is 1. The maximum absolute atomic E-state index is 5.29. The van der Waals surface area contributed by atoms with Gasteiger partial charge in [0.25, 0.3) is 0 Å². The molecule has 1 aromatic carbocycles. The van der Waals surface area contributed by atoms with E-state index < -0.39 is 0 Å². The Morgan fingerprint density at radius 2 is 1.64 bits per heavy atom. The summed E-state index contributed by atoms with van der Waals surface area (Å²) in [7, 11) is 0. The molecule has 5 heteroatoms. The predicted octanol–water partition coefficient (Wildman–Crippen LogP) is 3.26. The second-order valence-electron chi connectivity index (χ2n) is 1.86. The summed E-state index contributed by atoms with van der Waals surface area (Å²) in [6.45, 7) is 0. The van der Waals surface area contributed by atoms with Crippen molar-refractivity contribution in [2.45, 2.75) is 0 Å². The maximum Gasteiger partial charge on any atom is 0.0782 e. The highest BCUT2D eigenvalue weighted by molar-refractivity contribution is 9.13. The van der Waals surface area contributed by atoms with E-state index in [0.29, 0.717) is 0 Å². The Bertz CT molecular complexity index is 275. The third kappa shape index (κ3) is 1.96. The molecule has 0 amide bonds. The molecule has 0 bridgehead atoms. The fourth-order valence-corrected chi connectivity index (χ4v) is 2.16.